The smallest absolute Gasteiger partial charge is 0.418 e. The van der Waals surface area contributed by atoms with E-state index < -0.39 is 23.0 Å². The Kier molecular flexibility index (Phi) is 2.83. The lowest BCUT2D eigenvalue weighted by Crippen LogP contribution is -2.12. The van der Waals surface area contributed by atoms with Crippen molar-refractivity contribution in [2.45, 2.75) is 6.18 Å². The number of pyridine rings is 1. The highest BCUT2D eigenvalue weighted by Gasteiger charge is 2.35. The Labute approximate surface area is 82.9 Å². The summed E-state index contributed by atoms with van der Waals surface area (Å²) in [6, 6.07) is 0. The van der Waals surface area contributed by atoms with Gasteiger partial charge in [-0.05, 0) is 0 Å². The lowest BCUT2D eigenvalue weighted by molar-refractivity contribution is -0.138. The minimum absolute atomic E-state index is 0.0301. The van der Waals surface area contributed by atoms with Crippen molar-refractivity contribution in [2.75, 3.05) is 12.8 Å². The summed E-state index contributed by atoms with van der Waals surface area (Å²) in [5, 5.41) is 0. The summed E-state index contributed by atoms with van der Waals surface area (Å²) in [5.41, 5.74) is 3.04. The van der Waals surface area contributed by atoms with E-state index in [0.29, 0.717) is 6.20 Å². The third-order valence-corrected chi connectivity index (χ3v) is 1.74. The number of aromatic nitrogens is 1. The molecule has 0 aliphatic heterocycles. The first-order valence-electron chi connectivity index (χ1n) is 3.76. The molecule has 1 aromatic rings. The molecule has 0 radical (unpaired) electrons. The van der Waals surface area contributed by atoms with Gasteiger partial charge < -0.3 is 10.5 Å². The van der Waals surface area contributed by atoms with Crippen LogP contribution in [-0.4, -0.2) is 18.4 Å². The molecule has 15 heavy (non-hydrogen) atoms. The van der Waals surface area contributed by atoms with Crippen LogP contribution in [0, 0.1) is 0 Å². The van der Waals surface area contributed by atoms with Gasteiger partial charge in [-0.1, -0.05) is 0 Å². The number of nitrogens with zero attached hydrogens (tertiary/aromatic N) is 1. The van der Waals surface area contributed by atoms with E-state index in [-0.39, 0.29) is 12.2 Å². The predicted octanol–water partition coefficient (Wildman–Crippen LogP) is 1.50. The molecule has 0 aromatic carbocycles. The molecule has 0 unspecified atom stereocenters. The van der Waals surface area contributed by atoms with E-state index in [2.05, 4.69) is 9.72 Å². The summed E-state index contributed by atoms with van der Waals surface area (Å²) in [6.45, 7) is 0. The first-order valence-corrected chi connectivity index (χ1v) is 3.76. The van der Waals surface area contributed by atoms with Gasteiger partial charge in [-0.15, -0.1) is 0 Å². The minimum atomic E-state index is -4.66. The number of anilines is 1. The summed E-state index contributed by atoms with van der Waals surface area (Å²) in [7, 11) is 1.19. The molecule has 0 spiro atoms. The van der Waals surface area contributed by atoms with Gasteiger partial charge in [0.15, 0.2) is 6.29 Å². The minimum Gasteiger partial charge on any atom is -0.480 e. The molecule has 2 N–H and O–H groups in total. The zero-order valence-electron chi connectivity index (χ0n) is 7.63. The summed E-state index contributed by atoms with van der Waals surface area (Å²) < 4.78 is 41.7. The van der Waals surface area contributed by atoms with Crippen molar-refractivity contribution in [3.05, 3.63) is 17.3 Å². The number of nitrogens with two attached hydrogens (primary N) is 1. The van der Waals surface area contributed by atoms with Crippen LogP contribution in [0.2, 0.25) is 0 Å². The normalized spacial score (nSPS) is 11.2. The molecule has 0 saturated carbocycles. The maximum absolute atomic E-state index is 12.4. The lowest BCUT2D eigenvalue weighted by atomic mass is 10.1. The van der Waals surface area contributed by atoms with Gasteiger partial charge in [0.2, 0.25) is 5.88 Å². The van der Waals surface area contributed by atoms with Gasteiger partial charge in [0, 0.05) is 6.20 Å². The highest BCUT2D eigenvalue weighted by molar-refractivity contribution is 5.87. The average molecular weight is 220 g/mol. The van der Waals surface area contributed by atoms with Crippen LogP contribution in [0.25, 0.3) is 0 Å². The van der Waals surface area contributed by atoms with E-state index >= 15 is 0 Å². The van der Waals surface area contributed by atoms with E-state index in [1.54, 1.807) is 0 Å². The van der Waals surface area contributed by atoms with Crippen molar-refractivity contribution in [3.63, 3.8) is 0 Å². The van der Waals surface area contributed by atoms with E-state index in [4.69, 9.17) is 5.73 Å². The monoisotopic (exact) mass is 220 g/mol. The third kappa shape index (κ3) is 2.00. The van der Waals surface area contributed by atoms with Gasteiger partial charge in [0.05, 0.1) is 18.2 Å². The molecule has 1 heterocycles. The maximum Gasteiger partial charge on any atom is 0.418 e. The highest BCUT2D eigenvalue weighted by Crippen LogP contribution is 2.35. The number of carbonyl (C=O) groups is 1. The largest absolute Gasteiger partial charge is 0.480 e. The molecule has 1 rings (SSSR count). The number of hydrogen-bond acceptors (Lipinski definition) is 4. The SMILES string of the molecule is COc1ncc(C(F)(F)F)c(C=O)c1N. The highest BCUT2D eigenvalue weighted by atomic mass is 19.4. The fourth-order valence-corrected chi connectivity index (χ4v) is 1.04. The van der Waals surface area contributed by atoms with E-state index in [1.165, 1.54) is 7.11 Å². The zero-order valence-corrected chi connectivity index (χ0v) is 7.63. The number of aldehydes is 1. The van der Waals surface area contributed by atoms with Crippen LogP contribution in [0.15, 0.2) is 6.20 Å². The Bertz CT molecular complexity index is 390. The zero-order chi connectivity index (χ0) is 11.6. The molecule has 0 saturated heterocycles. The number of halogens is 3. The molecule has 0 bridgehead atoms. The molecule has 7 heteroatoms. The van der Waals surface area contributed by atoms with Crippen LogP contribution in [0.1, 0.15) is 15.9 Å². The molecule has 4 nitrogen and oxygen atoms in total. The summed E-state index contributed by atoms with van der Waals surface area (Å²) in [4.78, 5) is 13.8. The van der Waals surface area contributed by atoms with Crippen LogP contribution < -0.4 is 10.5 Å². The van der Waals surface area contributed by atoms with Crippen molar-refractivity contribution in [3.8, 4) is 5.88 Å². The quantitative estimate of drug-likeness (QED) is 0.767. The van der Waals surface area contributed by atoms with E-state index in [9.17, 15) is 18.0 Å². The van der Waals surface area contributed by atoms with Crippen molar-refractivity contribution in [2.24, 2.45) is 0 Å². The standard InChI is InChI=1S/C8H7F3N2O2/c1-15-7-6(12)4(3-14)5(2-13-7)8(9,10)11/h2-3H,12H2,1H3. The number of hydrogen-bond donors (Lipinski definition) is 1. The van der Waals surface area contributed by atoms with Crippen molar-refractivity contribution < 1.29 is 22.7 Å². The van der Waals surface area contributed by atoms with Crippen LogP contribution in [-0.2, 0) is 6.18 Å². The van der Waals surface area contributed by atoms with E-state index in [1.807, 2.05) is 0 Å². The number of alkyl halides is 3. The van der Waals surface area contributed by atoms with Crippen molar-refractivity contribution >= 4 is 12.0 Å². The molecule has 0 aliphatic rings. The van der Waals surface area contributed by atoms with Gasteiger partial charge in [0.25, 0.3) is 0 Å². The number of methoxy groups -OCH3 is 1. The lowest BCUT2D eigenvalue weighted by Gasteiger charge is -2.12. The molecule has 82 valence electrons. The number of carbonyl (C=O) groups excluding carboxylic acids is 1. The summed E-state index contributed by atoms with van der Waals surface area (Å²) in [5.74, 6) is -0.204. The second-order valence-electron chi connectivity index (χ2n) is 2.62. The van der Waals surface area contributed by atoms with Crippen molar-refractivity contribution in [1.82, 2.24) is 4.98 Å². The first kappa shape index (κ1) is 11.3. The maximum atomic E-state index is 12.4. The molecule has 1 aromatic heterocycles. The van der Waals surface area contributed by atoms with Gasteiger partial charge >= 0.3 is 6.18 Å². The number of ether oxygens (including phenoxy) is 1. The molecule has 0 atom stereocenters. The van der Waals surface area contributed by atoms with Crippen LogP contribution in [0.3, 0.4) is 0 Å². The number of nitrogen functional groups attached to an aromatic ring is 1. The first-order chi connectivity index (χ1) is 6.91. The van der Waals surface area contributed by atoms with Crippen LogP contribution >= 0.6 is 0 Å². The van der Waals surface area contributed by atoms with Gasteiger partial charge in [-0.2, -0.15) is 13.2 Å². The second kappa shape index (κ2) is 3.76. The number of rotatable bonds is 2. The molecule has 0 aliphatic carbocycles. The predicted molar refractivity (Wildman–Crippen MR) is 45.6 cm³/mol. The Hall–Kier alpha value is -1.79. The Morgan fingerprint density at radius 3 is 2.53 bits per heavy atom. The molecular formula is C8H7F3N2O2. The Balaban J connectivity index is 3.44. The second-order valence-corrected chi connectivity index (χ2v) is 2.62. The fraction of sp³-hybridized carbons (Fsp3) is 0.250. The van der Waals surface area contributed by atoms with Gasteiger partial charge in [0.1, 0.15) is 5.69 Å². The van der Waals surface area contributed by atoms with E-state index in [0.717, 1.165) is 0 Å². The van der Waals surface area contributed by atoms with Crippen LogP contribution in [0.4, 0.5) is 18.9 Å². The average Bonchev–Trinajstić information content (AvgIpc) is 2.15. The third-order valence-electron chi connectivity index (χ3n) is 1.74. The molecule has 0 amide bonds. The fourth-order valence-electron chi connectivity index (χ4n) is 1.04. The Morgan fingerprint density at radius 1 is 1.53 bits per heavy atom. The summed E-state index contributed by atoms with van der Waals surface area (Å²) >= 11 is 0. The van der Waals surface area contributed by atoms with Gasteiger partial charge in [-0.3, -0.25) is 4.79 Å². The van der Waals surface area contributed by atoms with Crippen molar-refractivity contribution in [1.29, 1.82) is 0 Å². The topological polar surface area (TPSA) is 65.2 Å². The van der Waals surface area contributed by atoms with Gasteiger partial charge in [-0.25, -0.2) is 4.98 Å². The Morgan fingerprint density at radius 2 is 2.13 bits per heavy atom. The van der Waals surface area contributed by atoms with Crippen LogP contribution in [0.5, 0.6) is 5.88 Å². The molecular weight excluding hydrogens is 213 g/mol. The summed E-state index contributed by atoms with van der Waals surface area (Å²) in [6.07, 6.45) is -4.12. The molecule has 0 fully saturated rings.